The number of aryl methyl sites for hydroxylation is 1. The third-order valence-corrected chi connectivity index (χ3v) is 4.61. The highest BCUT2D eigenvalue weighted by molar-refractivity contribution is 5.88. The van der Waals surface area contributed by atoms with Gasteiger partial charge in [0.05, 0.1) is 13.5 Å². The van der Waals surface area contributed by atoms with E-state index in [2.05, 4.69) is 5.32 Å². The molecule has 0 spiro atoms. The summed E-state index contributed by atoms with van der Waals surface area (Å²) in [5.41, 5.74) is 2.96. The van der Waals surface area contributed by atoms with Gasteiger partial charge in [-0.15, -0.1) is 0 Å². The minimum Gasteiger partial charge on any atom is -0.497 e. The summed E-state index contributed by atoms with van der Waals surface area (Å²) in [7, 11) is 1.61. The number of rotatable bonds is 8. The molecule has 0 unspecified atom stereocenters. The first-order valence-corrected chi connectivity index (χ1v) is 9.20. The molecule has 0 radical (unpaired) electrons. The molecule has 5 nitrogen and oxygen atoms in total. The van der Waals surface area contributed by atoms with Gasteiger partial charge in [-0.05, 0) is 49.6 Å². The Bertz CT molecular complexity index is 789. The minimum absolute atomic E-state index is 0.0779. The van der Waals surface area contributed by atoms with Crippen molar-refractivity contribution in [2.45, 2.75) is 39.8 Å². The van der Waals surface area contributed by atoms with Crippen LogP contribution in [0.2, 0.25) is 0 Å². The highest BCUT2D eigenvalue weighted by Gasteiger charge is 2.26. The number of nitrogens with one attached hydrogen (secondary N) is 1. The Morgan fingerprint density at radius 2 is 1.89 bits per heavy atom. The van der Waals surface area contributed by atoms with Gasteiger partial charge in [0.25, 0.3) is 0 Å². The zero-order valence-corrected chi connectivity index (χ0v) is 16.5. The third kappa shape index (κ3) is 5.58. The summed E-state index contributed by atoms with van der Waals surface area (Å²) in [6, 6.07) is 14.8. The first-order chi connectivity index (χ1) is 13.0. The summed E-state index contributed by atoms with van der Waals surface area (Å²) in [5.74, 6) is 0.494. The van der Waals surface area contributed by atoms with Crippen LogP contribution < -0.4 is 10.1 Å². The van der Waals surface area contributed by atoms with Crippen molar-refractivity contribution in [3.05, 3.63) is 65.2 Å². The molecule has 0 aliphatic rings. The van der Waals surface area contributed by atoms with Gasteiger partial charge in [0.15, 0.2) is 0 Å². The van der Waals surface area contributed by atoms with Gasteiger partial charge >= 0.3 is 0 Å². The third-order valence-electron chi connectivity index (χ3n) is 4.61. The Kier molecular flexibility index (Phi) is 7.41. The van der Waals surface area contributed by atoms with Gasteiger partial charge in [0.2, 0.25) is 11.8 Å². The fraction of sp³-hybridized carbons (Fsp3) is 0.364. The van der Waals surface area contributed by atoms with Gasteiger partial charge in [-0.1, -0.05) is 36.4 Å². The van der Waals surface area contributed by atoms with Crippen LogP contribution in [0.25, 0.3) is 0 Å². The predicted octanol–water partition coefficient (Wildman–Crippen LogP) is 3.10. The molecule has 2 aromatic rings. The summed E-state index contributed by atoms with van der Waals surface area (Å²) in [6.45, 7) is 6.50. The average Bonchev–Trinajstić information content (AvgIpc) is 2.67. The van der Waals surface area contributed by atoms with Crippen LogP contribution in [0.15, 0.2) is 48.5 Å². The van der Waals surface area contributed by atoms with E-state index in [9.17, 15) is 9.59 Å². The van der Waals surface area contributed by atoms with Gasteiger partial charge in [-0.2, -0.15) is 0 Å². The largest absolute Gasteiger partial charge is 0.497 e. The van der Waals surface area contributed by atoms with Crippen LogP contribution in [-0.4, -0.2) is 36.4 Å². The summed E-state index contributed by atoms with van der Waals surface area (Å²) < 4.78 is 5.27. The van der Waals surface area contributed by atoms with Crippen LogP contribution in [0.4, 0.5) is 0 Å². The molecule has 0 aliphatic heterocycles. The second-order valence-corrected chi connectivity index (χ2v) is 6.55. The van der Waals surface area contributed by atoms with E-state index in [1.165, 1.54) is 0 Å². The fourth-order valence-electron chi connectivity index (χ4n) is 2.94. The lowest BCUT2D eigenvalue weighted by Crippen LogP contribution is -2.48. The number of likely N-dealkylation sites (N-methyl/N-ethyl adjacent to an activating group) is 1. The molecule has 5 heteroatoms. The number of benzene rings is 2. The maximum absolute atomic E-state index is 13.1. The van der Waals surface area contributed by atoms with Gasteiger partial charge in [-0.25, -0.2) is 0 Å². The Hall–Kier alpha value is -2.82. The van der Waals surface area contributed by atoms with Crippen LogP contribution in [0.5, 0.6) is 5.75 Å². The molecule has 0 aliphatic carbocycles. The molecule has 0 saturated heterocycles. The lowest BCUT2D eigenvalue weighted by molar-refractivity contribution is -0.140. The molecule has 0 fully saturated rings. The summed E-state index contributed by atoms with van der Waals surface area (Å²) >= 11 is 0. The van der Waals surface area contributed by atoms with Crippen LogP contribution in [0.3, 0.4) is 0 Å². The van der Waals surface area contributed by atoms with Crippen molar-refractivity contribution in [3.63, 3.8) is 0 Å². The number of hydrogen-bond donors (Lipinski definition) is 1. The van der Waals surface area contributed by atoms with Gasteiger partial charge in [-0.3, -0.25) is 9.59 Å². The molecule has 1 N–H and O–H groups in total. The van der Waals surface area contributed by atoms with E-state index in [1.54, 1.807) is 18.9 Å². The van der Waals surface area contributed by atoms with Crippen LogP contribution in [0.1, 0.15) is 30.5 Å². The highest BCUT2D eigenvalue weighted by atomic mass is 16.5. The molecule has 1 atom stereocenters. The number of carbonyl (C=O) groups excluding carboxylic acids is 2. The number of amides is 2. The predicted molar refractivity (Wildman–Crippen MR) is 107 cm³/mol. The lowest BCUT2D eigenvalue weighted by Gasteiger charge is -2.29. The Labute approximate surface area is 161 Å². The first-order valence-electron chi connectivity index (χ1n) is 9.20. The maximum atomic E-state index is 13.1. The molecule has 0 aromatic heterocycles. The lowest BCUT2D eigenvalue weighted by atomic mass is 10.0. The van der Waals surface area contributed by atoms with Crippen molar-refractivity contribution in [2.75, 3.05) is 13.7 Å². The van der Waals surface area contributed by atoms with Crippen LogP contribution >= 0.6 is 0 Å². The van der Waals surface area contributed by atoms with E-state index in [0.717, 1.165) is 22.4 Å². The molecule has 0 bridgehead atoms. The van der Waals surface area contributed by atoms with E-state index in [-0.39, 0.29) is 18.2 Å². The second-order valence-electron chi connectivity index (χ2n) is 6.55. The normalized spacial score (nSPS) is 11.6. The summed E-state index contributed by atoms with van der Waals surface area (Å²) in [4.78, 5) is 27.1. The van der Waals surface area contributed by atoms with Crippen molar-refractivity contribution >= 4 is 11.8 Å². The van der Waals surface area contributed by atoms with E-state index in [0.29, 0.717) is 13.1 Å². The second kappa shape index (κ2) is 9.76. The first kappa shape index (κ1) is 20.5. The average molecular weight is 368 g/mol. The van der Waals surface area contributed by atoms with Gasteiger partial charge in [0, 0.05) is 13.1 Å². The Morgan fingerprint density at radius 1 is 1.15 bits per heavy atom. The molecule has 2 aromatic carbocycles. The standard InChI is InChI=1S/C22H28N2O3/c1-5-23-22(26)17(3)24(15-18-10-8-12-20(13-18)27-4)21(25)14-19-11-7-6-9-16(19)2/h6-13,17H,5,14-15H2,1-4H3,(H,23,26)/t17-/m1/s1. The van der Waals surface area contributed by atoms with Crippen molar-refractivity contribution in [2.24, 2.45) is 0 Å². The molecule has 2 amide bonds. The summed E-state index contributed by atoms with van der Waals surface area (Å²) in [5, 5.41) is 2.81. The monoisotopic (exact) mass is 368 g/mol. The van der Waals surface area contributed by atoms with E-state index < -0.39 is 6.04 Å². The molecule has 27 heavy (non-hydrogen) atoms. The number of hydrogen-bond acceptors (Lipinski definition) is 3. The van der Waals surface area contributed by atoms with Crippen molar-refractivity contribution in [3.8, 4) is 5.75 Å². The number of ether oxygens (including phenoxy) is 1. The fourth-order valence-corrected chi connectivity index (χ4v) is 2.94. The van der Waals surface area contributed by atoms with Crippen LogP contribution in [0, 0.1) is 6.92 Å². The van der Waals surface area contributed by atoms with Crippen LogP contribution in [-0.2, 0) is 22.6 Å². The minimum atomic E-state index is -0.562. The molecular formula is C22H28N2O3. The molecule has 2 rings (SSSR count). The van der Waals surface area contributed by atoms with Gasteiger partial charge in [0.1, 0.15) is 11.8 Å². The number of nitrogens with zero attached hydrogens (tertiary/aromatic N) is 1. The molecular weight excluding hydrogens is 340 g/mol. The number of carbonyl (C=O) groups is 2. The SMILES string of the molecule is CCNC(=O)[C@@H](C)N(Cc1cccc(OC)c1)C(=O)Cc1ccccc1C. The number of methoxy groups -OCH3 is 1. The molecule has 0 heterocycles. The van der Waals surface area contributed by atoms with Crippen molar-refractivity contribution in [1.29, 1.82) is 0 Å². The topological polar surface area (TPSA) is 58.6 Å². The van der Waals surface area contributed by atoms with Crippen molar-refractivity contribution in [1.82, 2.24) is 10.2 Å². The Morgan fingerprint density at radius 3 is 2.56 bits per heavy atom. The van der Waals surface area contributed by atoms with E-state index in [4.69, 9.17) is 4.74 Å². The smallest absolute Gasteiger partial charge is 0.242 e. The quantitative estimate of drug-likeness (QED) is 0.779. The molecule has 0 saturated carbocycles. The summed E-state index contributed by atoms with van der Waals surface area (Å²) in [6.07, 6.45) is 0.264. The van der Waals surface area contributed by atoms with E-state index >= 15 is 0 Å². The highest BCUT2D eigenvalue weighted by Crippen LogP contribution is 2.18. The van der Waals surface area contributed by atoms with E-state index in [1.807, 2.05) is 62.4 Å². The zero-order chi connectivity index (χ0) is 19.8. The van der Waals surface area contributed by atoms with Crippen molar-refractivity contribution < 1.29 is 14.3 Å². The van der Waals surface area contributed by atoms with Gasteiger partial charge < -0.3 is 15.0 Å². The Balaban J connectivity index is 2.26. The molecule has 144 valence electrons. The maximum Gasteiger partial charge on any atom is 0.242 e. The zero-order valence-electron chi connectivity index (χ0n) is 16.5.